The highest BCUT2D eigenvalue weighted by Gasteiger charge is 2.34. The summed E-state index contributed by atoms with van der Waals surface area (Å²) in [4.78, 5) is 17.2. The van der Waals surface area contributed by atoms with Crippen LogP contribution in [0.1, 0.15) is 37.9 Å². The number of anilines is 1. The lowest BCUT2D eigenvalue weighted by atomic mass is 9.95. The SMILES string of the molecule is CC1=C(C(=O)OC(C)C)C(c2cccc(OCc3ccc(Cl)cc3Cl)c2)n2ncnc2N1. The zero-order valence-electron chi connectivity index (χ0n) is 17.8. The first-order valence-corrected chi connectivity index (χ1v) is 10.8. The van der Waals surface area contributed by atoms with Crippen LogP contribution in [0.2, 0.25) is 10.0 Å². The van der Waals surface area contributed by atoms with Crippen molar-refractivity contribution in [3.63, 3.8) is 0 Å². The van der Waals surface area contributed by atoms with Crippen LogP contribution >= 0.6 is 23.2 Å². The number of ether oxygens (including phenoxy) is 2. The van der Waals surface area contributed by atoms with Gasteiger partial charge in [0.05, 0.1) is 11.7 Å². The second-order valence-corrected chi connectivity index (χ2v) is 8.49. The van der Waals surface area contributed by atoms with Crippen molar-refractivity contribution in [1.29, 1.82) is 0 Å². The predicted molar refractivity (Wildman–Crippen MR) is 123 cm³/mol. The summed E-state index contributed by atoms with van der Waals surface area (Å²) in [6.07, 6.45) is 1.20. The molecule has 1 N–H and O–H groups in total. The highest BCUT2D eigenvalue weighted by molar-refractivity contribution is 6.35. The predicted octanol–water partition coefficient (Wildman–Crippen LogP) is 5.40. The molecule has 0 saturated carbocycles. The van der Waals surface area contributed by atoms with Gasteiger partial charge >= 0.3 is 5.97 Å². The standard InChI is InChI=1S/C23H22Cl2N4O3/c1-13(2)32-22(30)20-14(3)28-23-26-12-27-29(23)21(20)15-5-4-6-18(9-15)31-11-16-7-8-17(24)10-19(16)25/h4-10,12-13,21H,11H2,1-3H3,(H,26,27,28). The minimum Gasteiger partial charge on any atom is -0.489 e. The summed E-state index contributed by atoms with van der Waals surface area (Å²) in [7, 11) is 0. The maximum absolute atomic E-state index is 13.0. The first kappa shape index (κ1) is 22.2. The van der Waals surface area contributed by atoms with Crippen molar-refractivity contribution < 1.29 is 14.3 Å². The van der Waals surface area contributed by atoms with Gasteiger partial charge in [0.2, 0.25) is 5.95 Å². The first-order valence-electron chi connectivity index (χ1n) is 10.1. The largest absolute Gasteiger partial charge is 0.489 e. The summed E-state index contributed by atoms with van der Waals surface area (Å²) in [5.41, 5.74) is 2.77. The molecule has 2 aromatic carbocycles. The Morgan fingerprint density at radius 1 is 1.22 bits per heavy atom. The minimum absolute atomic E-state index is 0.251. The van der Waals surface area contributed by atoms with E-state index < -0.39 is 12.0 Å². The van der Waals surface area contributed by atoms with Gasteiger partial charge in [-0.3, -0.25) is 0 Å². The van der Waals surface area contributed by atoms with Gasteiger partial charge in [-0.1, -0.05) is 41.4 Å². The van der Waals surface area contributed by atoms with E-state index in [4.69, 9.17) is 32.7 Å². The van der Waals surface area contributed by atoms with Crippen LogP contribution in [-0.4, -0.2) is 26.8 Å². The summed E-state index contributed by atoms with van der Waals surface area (Å²) in [6, 6.07) is 12.3. The summed E-state index contributed by atoms with van der Waals surface area (Å²) in [6.45, 7) is 5.73. The van der Waals surface area contributed by atoms with E-state index >= 15 is 0 Å². The summed E-state index contributed by atoms with van der Waals surface area (Å²) in [5.74, 6) is 0.770. The minimum atomic E-state index is -0.511. The third kappa shape index (κ3) is 4.59. The van der Waals surface area contributed by atoms with Crippen LogP contribution in [0.4, 0.5) is 5.95 Å². The van der Waals surface area contributed by atoms with Crippen molar-refractivity contribution >= 4 is 35.1 Å². The van der Waals surface area contributed by atoms with E-state index in [0.29, 0.717) is 33.0 Å². The molecule has 1 aliphatic heterocycles. The fourth-order valence-corrected chi connectivity index (χ4v) is 3.98. The number of hydrogen-bond donors (Lipinski definition) is 1. The quantitative estimate of drug-likeness (QED) is 0.483. The number of aromatic nitrogens is 3. The van der Waals surface area contributed by atoms with Gasteiger partial charge in [0.15, 0.2) is 0 Å². The van der Waals surface area contributed by atoms with Crippen molar-refractivity contribution in [2.75, 3.05) is 5.32 Å². The average molecular weight is 473 g/mol. The fourth-order valence-electron chi connectivity index (χ4n) is 3.52. The number of benzene rings is 2. The molecule has 0 bridgehead atoms. The molecule has 0 radical (unpaired) electrons. The number of hydrogen-bond acceptors (Lipinski definition) is 6. The maximum atomic E-state index is 13.0. The monoisotopic (exact) mass is 472 g/mol. The number of halogens is 2. The lowest BCUT2D eigenvalue weighted by molar-refractivity contribution is -0.143. The average Bonchev–Trinajstić information content (AvgIpc) is 3.19. The highest BCUT2D eigenvalue weighted by Crippen LogP contribution is 2.36. The number of fused-ring (bicyclic) bond motifs is 1. The van der Waals surface area contributed by atoms with Crippen LogP contribution < -0.4 is 10.1 Å². The Morgan fingerprint density at radius 3 is 2.78 bits per heavy atom. The Labute approximate surface area is 196 Å². The fraction of sp³-hybridized carbons (Fsp3) is 0.261. The highest BCUT2D eigenvalue weighted by atomic mass is 35.5. The van der Waals surface area contributed by atoms with Crippen LogP contribution in [0, 0.1) is 0 Å². The maximum Gasteiger partial charge on any atom is 0.338 e. The van der Waals surface area contributed by atoms with Gasteiger partial charge in [-0.2, -0.15) is 10.1 Å². The Balaban J connectivity index is 1.66. The van der Waals surface area contributed by atoms with Gasteiger partial charge in [-0.25, -0.2) is 9.48 Å². The van der Waals surface area contributed by atoms with Crippen molar-refractivity contribution in [3.8, 4) is 5.75 Å². The van der Waals surface area contributed by atoms with Gasteiger partial charge in [0, 0.05) is 21.3 Å². The molecule has 32 heavy (non-hydrogen) atoms. The normalized spacial score (nSPS) is 15.4. The van der Waals surface area contributed by atoms with Crippen LogP contribution in [0.3, 0.4) is 0 Å². The summed E-state index contributed by atoms with van der Waals surface area (Å²) >= 11 is 12.2. The van der Waals surface area contributed by atoms with Crippen molar-refractivity contribution in [2.45, 2.75) is 39.5 Å². The van der Waals surface area contributed by atoms with E-state index in [9.17, 15) is 4.79 Å². The molecular formula is C23H22Cl2N4O3. The van der Waals surface area contributed by atoms with Crippen molar-refractivity contribution in [2.24, 2.45) is 0 Å². The van der Waals surface area contributed by atoms with Crippen molar-refractivity contribution in [3.05, 3.63) is 81.2 Å². The Morgan fingerprint density at radius 2 is 2.03 bits per heavy atom. The Kier molecular flexibility index (Phi) is 6.39. The van der Waals surface area contributed by atoms with Crippen LogP contribution in [-0.2, 0) is 16.1 Å². The van der Waals surface area contributed by atoms with Gasteiger partial charge in [0.1, 0.15) is 24.7 Å². The van der Waals surface area contributed by atoms with E-state index in [1.54, 1.807) is 16.8 Å². The summed E-state index contributed by atoms with van der Waals surface area (Å²) < 4.78 is 13.2. The van der Waals surface area contributed by atoms with Gasteiger partial charge in [0.25, 0.3) is 0 Å². The lowest BCUT2D eigenvalue weighted by Gasteiger charge is -2.28. The van der Waals surface area contributed by atoms with Crippen LogP contribution in [0.25, 0.3) is 0 Å². The molecule has 166 valence electrons. The topological polar surface area (TPSA) is 78.3 Å². The molecular weight excluding hydrogens is 451 g/mol. The van der Waals surface area contributed by atoms with E-state index in [1.165, 1.54) is 6.33 Å². The smallest absolute Gasteiger partial charge is 0.338 e. The number of carbonyl (C=O) groups is 1. The van der Waals surface area contributed by atoms with E-state index in [1.807, 2.05) is 51.1 Å². The third-order valence-electron chi connectivity index (χ3n) is 4.94. The molecule has 3 aromatic rings. The number of rotatable bonds is 6. The number of nitrogens with one attached hydrogen (secondary N) is 1. The molecule has 0 aliphatic carbocycles. The molecule has 1 aliphatic rings. The molecule has 0 fully saturated rings. The Hall–Kier alpha value is -3.03. The number of nitrogens with zero attached hydrogens (tertiary/aromatic N) is 3. The van der Waals surface area contributed by atoms with Gasteiger partial charge in [-0.15, -0.1) is 0 Å². The third-order valence-corrected chi connectivity index (χ3v) is 5.53. The molecule has 9 heteroatoms. The van der Waals surface area contributed by atoms with E-state index in [0.717, 1.165) is 11.1 Å². The summed E-state index contributed by atoms with van der Waals surface area (Å²) in [5, 5.41) is 8.57. The van der Waals surface area contributed by atoms with Crippen LogP contribution in [0.15, 0.2) is 60.1 Å². The lowest BCUT2D eigenvalue weighted by Crippen LogP contribution is -2.30. The zero-order chi connectivity index (χ0) is 22.8. The first-order chi connectivity index (χ1) is 15.3. The van der Waals surface area contributed by atoms with Crippen LogP contribution in [0.5, 0.6) is 5.75 Å². The van der Waals surface area contributed by atoms with Crippen molar-refractivity contribution in [1.82, 2.24) is 14.8 Å². The molecule has 7 nitrogen and oxygen atoms in total. The van der Waals surface area contributed by atoms with E-state index in [2.05, 4.69) is 15.4 Å². The van der Waals surface area contributed by atoms with Gasteiger partial charge in [-0.05, 0) is 50.6 Å². The number of esters is 1. The van der Waals surface area contributed by atoms with Gasteiger partial charge < -0.3 is 14.8 Å². The second-order valence-electron chi connectivity index (χ2n) is 7.65. The number of allylic oxidation sites excluding steroid dienone is 1. The molecule has 0 saturated heterocycles. The second kappa shape index (κ2) is 9.22. The molecule has 1 aromatic heterocycles. The molecule has 0 spiro atoms. The zero-order valence-corrected chi connectivity index (χ0v) is 19.3. The molecule has 1 atom stereocenters. The molecule has 4 rings (SSSR count). The number of carbonyl (C=O) groups excluding carboxylic acids is 1. The molecule has 2 heterocycles. The molecule has 1 unspecified atom stereocenters. The molecule has 0 amide bonds. The van der Waals surface area contributed by atoms with E-state index in [-0.39, 0.29) is 12.7 Å². The Bertz CT molecular complexity index is 1190.